The van der Waals surface area contributed by atoms with Crippen molar-refractivity contribution in [1.82, 2.24) is 9.78 Å². The van der Waals surface area contributed by atoms with Gasteiger partial charge in [0.15, 0.2) is 5.82 Å². The van der Waals surface area contributed by atoms with Crippen molar-refractivity contribution < 1.29 is 9.59 Å². The topological polar surface area (TPSA) is 90.0 Å². The molecule has 0 aliphatic heterocycles. The van der Waals surface area contributed by atoms with Crippen LogP contribution in [0, 0.1) is 5.92 Å². The van der Waals surface area contributed by atoms with Crippen LogP contribution in [0.1, 0.15) is 33.1 Å². The van der Waals surface area contributed by atoms with Gasteiger partial charge in [0, 0.05) is 31.1 Å². The monoisotopic (exact) mass is 252 g/mol. The van der Waals surface area contributed by atoms with Gasteiger partial charge in [-0.3, -0.25) is 14.3 Å². The maximum absolute atomic E-state index is 11.8. The van der Waals surface area contributed by atoms with Crippen LogP contribution in [0.4, 0.5) is 5.82 Å². The number of carbonyl (C=O) groups excluding carboxylic acids is 2. The highest BCUT2D eigenvalue weighted by molar-refractivity contribution is 5.91. The van der Waals surface area contributed by atoms with Gasteiger partial charge in [0.25, 0.3) is 0 Å². The van der Waals surface area contributed by atoms with Crippen LogP contribution in [-0.4, -0.2) is 21.6 Å². The molecule has 0 unspecified atom stereocenters. The zero-order chi connectivity index (χ0) is 13.5. The minimum Gasteiger partial charge on any atom is -0.370 e. The number of carbonyl (C=O) groups is 2. The molecule has 2 amide bonds. The summed E-state index contributed by atoms with van der Waals surface area (Å²) >= 11 is 0. The van der Waals surface area contributed by atoms with E-state index in [2.05, 4.69) is 10.4 Å². The van der Waals surface area contributed by atoms with Gasteiger partial charge in [0.1, 0.15) is 0 Å². The highest BCUT2D eigenvalue weighted by Crippen LogP contribution is 2.11. The molecule has 0 saturated carbocycles. The first kappa shape index (κ1) is 14.2. The molecule has 0 aliphatic carbocycles. The van der Waals surface area contributed by atoms with E-state index in [0.717, 1.165) is 12.8 Å². The Kier molecular flexibility index (Phi) is 5.35. The number of aromatic nitrogens is 2. The van der Waals surface area contributed by atoms with E-state index in [9.17, 15) is 9.59 Å². The molecular formula is C12H20N4O2. The van der Waals surface area contributed by atoms with Crippen LogP contribution in [0.5, 0.6) is 0 Å². The SMILES string of the molecule is CCC(CC)C(=O)Nc1ccn(CCC(N)=O)n1. The molecule has 100 valence electrons. The fraction of sp³-hybridized carbons (Fsp3) is 0.583. The van der Waals surface area contributed by atoms with E-state index in [0.29, 0.717) is 12.4 Å². The molecule has 0 saturated heterocycles. The van der Waals surface area contributed by atoms with Crippen molar-refractivity contribution in [3.05, 3.63) is 12.3 Å². The summed E-state index contributed by atoms with van der Waals surface area (Å²) < 4.78 is 1.59. The van der Waals surface area contributed by atoms with Crippen LogP contribution in [0.15, 0.2) is 12.3 Å². The molecule has 1 rings (SSSR count). The number of nitrogens with zero attached hydrogens (tertiary/aromatic N) is 2. The Hall–Kier alpha value is -1.85. The second-order valence-electron chi connectivity index (χ2n) is 4.18. The molecule has 0 aromatic carbocycles. The van der Waals surface area contributed by atoms with Crippen molar-refractivity contribution in [3.8, 4) is 0 Å². The maximum Gasteiger partial charge on any atom is 0.228 e. The van der Waals surface area contributed by atoms with Crippen LogP contribution in [0.2, 0.25) is 0 Å². The molecule has 0 aliphatic rings. The smallest absolute Gasteiger partial charge is 0.228 e. The zero-order valence-electron chi connectivity index (χ0n) is 10.8. The van der Waals surface area contributed by atoms with Crippen molar-refractivity contribution in [2.24, 2.45) is 11.7 Å². The van der Waals surface area contributed by atoms with E-state index < -0.39 is 0 Å². The number of rotatable bonds is 7. The maximum atomic E-state index is 11.8. The standard InChI is InChI=1S/C12H20N4O2/c1-3-9(4-2)12(18)14-11-6-8-16(15-11)7-5-10(13)17/h6,8-9H,3-5,7H2,1-2H3,(H2,13,17)(H,14,15,18). The van der Waals surface area contributed by atoms with Crippen LogP contribution in [0.3, 0.4) is 0 Å². The normalized spacial score (nSPS) is 10.6. The van der Waals surface area contributed by atoms with Crippen LogP contribution in [-0.2, 0) is 16.1 Å². The summed E-state index contributed by atoms with van der Waals surface area (Å²) in [5, 5.41) is 6.91. The van der Waals surface area contributed by atoms with Crippen molar-refractivity contribution >= 4 is 17.6 Å². The largest absolute Gasteiger partial charge is 0.370 e. The van der Waals surface area contributed by atoms with Gasteiger partial charge in [-0.05, 0) is 12.8 Å². The number of nitrogens with two attached hydrogens (primary N) is 1. The van der Waals surface area contributed by atoms with Gasteiger partial charge in [0.05, 0.1) is 0 Å². The van der Waals surface area contributed by atoms with Crippen molar-refractivity contribution in [1.29, 1.82) is 0 Å². The molecular weight excluding hydrogens is 232 g/mol. The summed E-state index contributed by atoms with van der Waals surface area (Å²) in [7, 11) is 0. The Morgan fingerprint density at radius 3 is 2.67 bits per heavy atom. The first-order chi connectivity index (χ1) is 8.56. The molecule has 1 heterocycles. The highest BCUT2D eigenvalue weighted by Gasteiger charge is 2.15. The third kappa shape index (κ3) is 4.20. The van der Waals surface area contributed by atoms with Gasteiger partial charge in [-0.15, -0.1) is 0 Å². The van der Waals surface area contributed by atoms with E-state index in [4.69, 9.17) is 5.73 Å². The van der Waals surface area contributed by atoms with Gasteiger partial charge in [-0.25, -0.2) is 0 Å². The van der Waals surface area contributed by atoms with Gasteiger partial charge in [-0.1, -0.05) is 13.8 Å². The van der Waals surface area contributed by atoms with Gasteiger partial charge in [0.2, 0.25) is 11.8 Å². The van der Waals surface area contributed by atoms with Crippen LogP contribution < -0.4 is 11.1 Å². The molecule has 0 radical (unpaired) electrons. The van der Waals surface area contributed by atoms with E-state index in [1.165, 1.54) is 0 Å². The molecule has 3 N–H and O–H groups in total. The number of primary amides is 1. The third-order valence-electron chi connectivity index (χ3n) is 2.84. The van der Waals surface area contributed by atoms with Crippen molar-refractivity contribution in [2.75, 3.05) is 5.32 Å². The number of amides is 2. The van der Waals surface area contributed by atoms with Gasteiger partial charge < -0.3 is 11.1 Å². The van der Waals surface area contributed by atoms with Crippen LogP contribution in [0.25, 0.3) is 0 Å². The second kappa shape index (κ2) is 6.78. The lowest BCUT2D eigenvalue weighted by atomic mass is 10.0. The van der Waals surface area contributed by atoms with E-state index in [1.807, 2.05) is 13.8 Å². The minimum atomic E-state index is -0.367. The average molecular weight is 252 g/mol. The van der Waals surface area contributed by atoms with Gasteiger partial charge >= 0.3 is 0 Å². The quantitative estimate of drug-likeness (QED) is 0.762. The Bertz CT molecular complexity index is 410. The second-order valence-corrected chi connectivity index (χ2v) is 4.18. The minimum absolute atomic E-state index is 0.0137. The summed E-state index contributed by atoms with van der Waals surface area (Å²) in [5.74, 6) is 0.144. The number of nitrogens with one attached hydrogen (secondary N) is 1. The molecule has 18 heavy (non-hydrogen) atoms. The number of hydrogen-bond acceptors (Lipinski definition) is 3. The zero-order valence-corrected chi connectivity index (χ0v) is 10.8. The summed E-state index contributed by atoms with van der Waals surface area (Å²) in [5.41, 5.74) is 5.05. The summed E-state index contributed by atoms with van der Waals surface area (Å²) in [6.45, 7) is 4.40. The Balaban J connectivity index is 2.53. The Labute approximate surface area is 107 Å². The predicted octanol–water partition coefficient (Wildman–Crippen LogP) is 1.13. The lowest BCUT2D eigenvalue weighted by Crippen LogP contribution is -2.22. The molecule has 6 nitrogen and oxygen atoms in total. The van der Waals surface area contributed by atoms with Gasteiger partial charge in [-0.2, -0.15) is 5.10 Å². The summed E-state index contributed by atoms with van der Waals surface area (Å²) in [4.78, 5) is 22.5. The molecule has 1 aromatic heterocycles. The molecule has 0 atom stereocenters. The average Bonchev–Trinajstić information content (AvgIpc) is 2.75. The van der Waals surface area contributed by atoms with Crippen molar-refractivity contribution in [3.63, 3.8) is 0 Å². The van der Waals surface area contributed by atoms with E-state index >= 15 is 0 Å². The highest BCUT2D eigenvalue weighted by atomic mass is 16.2. The third-order valence-corrected chi connectivity index (χ3v) is 2.84. The molecule has 0 bridgehead atoms. The molecule has 1 aromatic rings. The van der Waals surface area contributed by atoms with E-state index in [1.54, 1.807) is 16.9 Å². The lowest BCUT2D eigenvalue weighted by molar-refractivity contribution is -0.120. The first-order valence-electron chi connectivity index (χ1n) is 6.19. The Morgan fingerprint density at radius 1 is 1.44 bits per heavy atom. The molecule has 0 spiro atoms. The molecule has 0 fully saturated rings. The summed E-state index contributed by atoms with van der Waals surface area (Å²) in [6.07, 6.45) is 3.57. The molecule has 6 heteroatoms. The van der Waals surface area contributed by atoms with E-state index in [-0.39, 0.29) is 24.2 Å². The predicted molar refractivity (Wildman–Crippen MR) is 68.7 cm³/mol. The van der Waals surface area contributed by atoms with Crippen molar-refractivity contribution in [2.45, 2.75) is 39.7 Å². The summed E-state index contributed by atoms with van der Waals surface area (Å²) in [6, 6.07) is 1.71. The first-order valence-corrected chi connectivity index (χ1v) is 6.19. The number of hydrogen-bond donors (Lipinski definition) is 2. The Morgan fingerprint density at radius 2 is 2.11 bits per heavy atom. The lowest BCUT2D eigenvalue weighted by Gasteiger charge is -2.10. The fourth-order valence-electron chi connectivity index (χ4n) is 1.67. The number of anilines is 1. The van der Waals surface area contributed by atoms with Crippen LogP contribution >= 0.6 is 0 Å². The number of aryl methyl sites for hydroxylation is 1. The fourth-order valence-corrected chi connectivity index (χ4v) is 1.67.